The van der Waals surface area contributed by atoms with Crippen molar-refractivity contribution < 1.29 is 5.11 Å². The molecule has 23 heavy (non-hydrogen) atoms. The van der Waals surface area contributed by atoms with Gasteiger partial charge in [-0.2, -0.15) is 0 Å². The van der Waals surface area contributed by atoms with Crippen molar-refractivity contribution in [1.29, 1.82) is 0 Å². The molecule has 1 aliphatic rings. The predicted molar refractivity (Wildman–Crippen MR) is 97.9 cm³/mol. The molecule has 3 aromatic rings. The van der Waals surface area contributed by atoms with Crippen molar-refractivity contribution in [1.82, 2.24) is 0 Å². The zero-order chi connectivity index (χ0) is 16.0. The molecule has 0 saturated heterocycles. The van der Waals surface area contributed by atoms with E-state index in [-0.39, 0.29) is 0 Å². The number of hydrogen-bond acceptors (Lipinski definition) is 1. The third kappa shape index (κ3) is 2.16. The van der Waals surface area contributed by atoms with Crippen molar-refractivity contribution in [3.05, 3.63) is 70.8 Å². The summed E-state index contributed by atoms with van der Waals surface area (Å²) in [4.78, 5) is 0. The maximum absolute atomic E-state index is 10.6. The molecule has 3 aromatic carbocycles. The largest absolute Gasteiger partial charge is 0.507 e. The number of hydrogen-bond donors (Lipinski definition) is 1. The van der Waals surface area contributed by atoms with Crippen LogP contribution in [0.3, 0.4) is 0 Å². The highest BCUT2D eigenvalue weighted by Gasteiger charge is 2.18. The average molecular weight is 300 g/mol. The number of aryl methyl sites for hydroxylation is 3. The molecular formula is C22H20O. The summed E-state index contributed by atoms with van der Waals surface area (Å²) in [5.41, 5.74) is 7.10. The lowest BCUT2D eigenvalue weighted by Gasteiger charge is -2.20. The Hall–Kier alpha value is -2.54. The van der Waals surface area contributed by atoms with Gasteiger partial charge in [-0.25, -0.2) is 0 Å². The monoisotopic (exact) mass is 300 g/mol. The third-order valence-electron chi connectivity index (χ3n) is 4.97. The predicted octanol–water partition coefficient (Wildman–Crippen LogP) is 5.79. The molecule has 0 radical (unpaired) electrons. The summed E-state index contributed by atoms with van der Waals surface area (Å²) in [7, 11) is 0. The highest BCUT2D eigenvalue weighted by Crippen LogP contribution is 2.41. The minimum Gasteiger partial charge on any atom is -0.507 e. The first kappa shape index (κ1) is 14.1. The summed E-state index contributed by atoms with van der Waals surface area (Å²) in [5.74, 6) is 0.369. The van der Waals surface area contributed by atoms with E-state index in [2.05, 4.69) is 62.4 Å². The van der Waals surface area contributed by atoms with Crippen LogP contribution in [-0.2, 0) is 6.42 Å². The first-order valence-electron chi connectivity index (χ1n) is 8.17. The van der Waals surface area contributed by atoms with Crippen LogP contribution in [0.2, 0.25) is 0 Å². The van der Waals surface area contributed by atoms with Crippen LogP contribution in [0.25, 0.3) is 28.0 Å². The zero-order valence-corrected chi connectivity index (χ0v) is 13.6. The van der Waals surface area contributed by atoms with E-state index < -0.39 is 0 Å². The van der Waals surface area contributed by atoms with E-state index in [9.17, 15) is 5.11 Å². The first-order valence-corrected chi connectivity index (χ1v) is 8.17. The molecule has 0 heterocycles. The molecular weight excluding hydrogens is 280 g/mol. The third-order valence-corrected chi connectivity index (χ3v) is 4.97. The molecule has 0 bridgehead atoms. The Bertz CT molecular complexity index is 948. The fourth-order valence-corrected chi connectivity index (χ4v) is 3.74. The van der Waals surface area contributed by atoms with Gasteiger partial charge in [0.05, 0.1) is 0 Å². The second-order valence-corrected chi connectivity index (χ2v) is 6.39. The highest BCUT2D eigenvalue weighted by atomic mass is 16.3. The molecule has 0 unspecified atom stereocenters. The second kappa shape index (κ2) is 5.27. The second-order valence-electron chi connectivity index (χ2n) is 6.39. The molecule has 1 nitrogen and oxygen atoms in total. The van der Waals surface area contributed by atoms with Crippen LogP contribution in [-0.4, -0.2) is 5.11 Å². The van der Waals surface area contributed by atoms with Crippen LogP contribution >= 0.6 is 0 Å². The van der Waals surface area contributed by atoms with Crippen molar-refractivity contribution in [3.63, 3.8) is 0 Å². The lowest BCUT2D eigenvalue weighted by Crippen LogP contribution is -1.99. The lowest BCUT2D eigenvalue weighted by atomic mass is 9.85. The van der Waals surface area contributed by atoms with E-state index in [0.717, 1.165) is 24.0 Å². The van der Waals surface area contributed by atoms with Gasteiger partial charge in [0.2, 0.25) is 0 Å². The fourth-order valence-electron chi connectivity index (χ4n) is 3.74. The standard InChI is InChI=1S/C22H20O/c1-14-13-20(15(2)18-9-6-5-8-17(14)18)22-19-10-4-3-7-16(19)11-12-21(22)23/h4-6,8-13,23H,3,7H2,1-2H3. The zero-order valence-electron chi connectivity index (χ0n) is 13.6. The molecule has 1 aliphatic carbocycles. The number of benzene rings is 3. The molecule has 0 aliphatic heterocycles. The number of phenols is 1. The van der Waals surface area contributed by atoms with Gasteiger partial charge in [0.25, 0.3) is 0 Å². The van der Waals surface area contributed by atoms with Crippen LogP contribution in [0.15, 0.2) is 48.5 Å². The lowest BCUT2D eigenvalue weighted by molar-refractivity contribution is 0.477. The Morgan fingerprint density at radius 2 is 1.74 bits per heavy atom. The van der Waals surface area contributed by atoms with Gasteiger partial charge in [-0.15, -0.1) is 0 Å². The molecule has 0 amide bonds. The van der Waals surface area contributed by atoms with Gasteiger partial charge in [0.1, 0.15) is 5.75 Å². The van der Waals surface area contributed by atoms with Crippen molar-refractivity contribution in [3.8, 4) is 16.9 Å². The maximum atomic E-state index is 10.6. The van der Waals surface area contributed by atoms with Crippen LogP contribution < -0.4 is 0 Å². The van der Waals surface area contributed by atoms with Crippen LogP contribution in [0.5, 0.6) is 5.75 Å². The topological polar surface area (TPSA) is 20.2 Å². The molecule has 1 N–H and O–H groups in total. The van der Waals surface area contributed by atoms with Crippen LogP contribution in [0, 0.1) is 13.8 Å². The molecule has 0 atom stereocenters. The van der Waals surface area contributed by atoms with Gasteiger partial charge in [0, 0.05) is 5.56 Å². The van der Waals surface area contributed by atoms with Crippen molar-refractivity contribution in [2.45, 2.75) is 26.7 Å². The van der Waals surface area contributed by atoms with Gasteiger partial charge in [0.15, 0.2) is 0 Å². The quantitative estimate of drug-likeness (QED) is 0.603. The molecule has 0 saturated carbocycles. The molecule has 114 valence electrons. The van der Waals surface area contributed by atoms with E-state index in [1.54, 1.807) is 0 Å². The van der Waals surface area contributed by atoms with Gasteiger partial charge in [-0.1, -0.05) is 48.6 Å². The summed E-state index contributed by atoms with van der Waals surface area (Å²) in [5, 5.41) is 13.1. The Morgan fingerprint density at radius 1 is 0.957 bits per heavy atom. The minimum absolute atomic E-state index is 0.369. The molecule has 0 fully saturated rings. The Balaban J connectivity index is 2.09. The Kier molecular flexibility index (Phi) is 3.23. The van der Waals surface area contributed by atoms with E-state index in [1.165, 1.54) is 33.0 Å². The smallest absolute Gasteiger partial charge is 0.124 e. The van der Waals surface area contributed by atoms with Crippen molar-refractivity contribution in [2.75, 3.05) is 0 Å². The van der Waals surface area contributed by atoms with Crippen LogP contribution in [0.4, 0.5) is 0 Å². The minimum atomic E-state index is 0.369. The molecule has 1 heteroatoms. The average Bonchev–Trinajstić information content (AvgIpc) is 2.58. The number of phenolic OH excluding ortho intramolecular Hbond substituents is 1. The van der Waals surface area contributed by atoms with Crippen molar-refractivity contribution in [2.24, 2.45) is 0 Å². The van der Waals surface area contributed by atoms with Gasteiger partial charge in [-0.05, 0) is 71.3 Å². The highest BCUT2D eigenvalue weighted by molar-refractivity contribution is 5.96. The summed E-state index contributed by atoms with van der Waals surface area (Å²) >= 11 is 0. The number of fused-ring (bicyclic) bond motifs is 2. The summed E-state index contributed by atoms with van der Waals surface area (Å²) in [6.45, 7) is 4.30. The Labute approximate surface area is 136 Å². The molecule has 0 spiro atoms. The molecule has 4 rings (SSSR count). The number of allylic oxidation sites excluding steroid dienone is 1. The van der Waals surface area contributed by atoms with E-state index in [1.807, 2.05) is 6.07 Å². The Morgan fingerprint density at radius 3 is 2.57 bits per heavy atom. The summed E-state index contributed by atoms with van der Waals surface area (Å²) in [6, 6.07) is 14.6. The maximum Gasteiger partial charge on any atom is 0.124 e. The normalized spacial score (nSPS) is 13.3. The summed E-state index contributed by atoms with van der Waals surface area (Å²) < 4.78 is 0. The first-order chi connectivity index (χ1) is 11.2. The SMILES string of the molecule is Cc1cc(-c2c(O)ccc3c2C=CCC3)c(C)c2ccccc12. The van der Waals surface area contributed by atoms with Gasteiger partial charge in [-0.3, -0.25) is 0 Å². The van der Waals surface area contributed by atoms with E-state index in [0.29, 0.717) is 5.75 Å². The number of aromatic hydroxyl groups is 1. The summed E-state index contributed by atoms with van der Waals surface area (Å²) in [6.07, 6.45) is 6.49. The van der Waals surface area contributed by atoms with E-state index >= 15 is 0 Å². The van der Waals surface area contributed by atoms with Gasteiger partial charge < -0.3 is 5.11 Å². The molecule has 0 aromatic heterocycles. The number of rotatable bonds is 1. The van der Waals surface area contributed by atoms with Crippen molar-refractivity contribution >= 4 is 16.8 Å². The van der Waals surface area contributed by atoms with E-state index in [4.69, 9.17) is 0 Å². The van der Waals surface area contributed by atoms with Crippen LogP contribution in [0.1, 0.15) is 28.7 Å². The van der Waals surface area contributed by atoms with Gasteiger partial charge >= 0.3 is 0 Å². The fraction of sp³-hybridized carbons (Fsp3) is 0.182.